The molecule has 1 aromatic rings. The van der Waals surface area contributed by atoms with Crippen molar-refractivity contribution in [3.05, 3.63) is 30.1 Å². The SMILES string of the molecule is CCN(c1ccccc1F)S(=O)(=O)CCCCNC(C)C. The molecule has 0 atom stereocenters. The van der Waals surface area contributed by atoms with Gasteiger partial charge in [0.05, 0.1) is 11.4 Å². The van der Waals surface area contributed by atoms with E-state index in [0.29, 0.717) is 12.5 Å². The maximum Gasteiger partial charge on any atom is 0.235 e. The van der Waals surface area contributed by atoms with Crippen molar-refractivity contribution in [1.29, 1.82) is 0 Å². The Balaban J connectivity index is 2.65. The summed E-state index contributed by atoms with van der Waals surface area (Å²) in [5.74, 6) is -0.473. The molecule has 0 aliphatic heterocycles. The van der Waals surface area contributed by atoms with Crippen LogP contribution < -0.4 is 9.62 Å². The molecule has 4 nitrogen and oxygen atoms in total. The van der Waals surface area contributed by atoms with Crippen molar-refractivity contribution < 1.29 is 12.8 Å². The van der Waals surface area contributed by atoms with Gasteiger partial charge < -0.3 is 5.32 Å². The second-order valence-corrected chi connectivity index (χ2v) is 7.26. The van der Waals surface area contributed by atoms with Crippen molar-refractivity contribution in [3.8, 4) is 0 Å². The van der Waals surface area contributed by atoms with Gasteiger partial charge in [0.1, 0.15) is 5.82 Å². The fraction of sp³-hybridized carbons (Fsp3) is 0.600. The number of unbranched alkanes of at least 4 members (excludes halogenated alkanes) is 1. The lowest BCUT2D eigenvalue weighted by atomic mass is 10.3. The molecule has 0 bridgehead atoms. The maximum absolute atomic E-state index is 13.8. The van der Waals surface area contributed by atoms with Crippen LogP contribution in [0.2, 0.25) is 0 Å². The minimum absolute atomic E-state index is 0.0367. The van der Waals surface area contributed by atoms with Crippen LogP contribution >= 0.6 is 0 Å². The van der Waals surface area contributed by atoms with Crippen LogP contribution in [-0.2, 0) is 10.0 Å². The van der Waals surface area contributed by atoms with Crippen LogP contribution in [0.3, 0.4) is 0 Å². The number of nitrogens with zero attached hydrogens (tertiary/aromatic N) is 1. The number of hydrogen-bond donors (Lipinski definition) is 1. The van der Waals surface area contributed by atoms with E-state index in [2.05, 4.69) is 5.32 Å². The summed E-state index contributed by atoms with van der Waals surface area (Å²) in [4.78, 5) is 0. The molecule has 6 heteroatoms. The molecular weight excluding hydrogens is 291 g/mol. The van der Waals surface area contributed by atoms with E-state index in [-0.39, 0.29) is 18.0 Å². The summed E-state index contributed by atoms with van der Waals surface area (Å²) in [6.07, 6.45) is 1.35. The molecule has 120 valence electrons. The zero-order chi connectivity index (χ0) is 15.9. The number of benzene rings is 1. The van der Waals surface area contributed by atoms with Gasteiger partial charge in [0, 0.05) is 12.6 Å². The molecule has 0 aliphatic carbocycles. The number of anilines is 1. The van der Waals surface area contributed by atoms with Crippen LogP contribution in [-0.4, -0.2) is 33.3 Å². The largest absolute Gasteiger partial charge is 0.315 e. The van der Waals surface area contributed by atoms with Gasteiger partial charge in [0.25, 0.3) is 0 Å². The monoisotopic (exact) mass is 316 g/mol. The van der Waals surface area contributed by atoms with Crippen molar-refractivity contribution in [2.24, 2.45) is 0 Å². The predicted octanol–water partition coefficient (Wildman–Crippen LogP) is 2.76. The molecule has 21 heavy (non-hydrogen) atoms. The highest BCUT2D eigenvalue weighted by molar-refractivity contribution is 7.92. The van der Waals surface area contributed by atoms with Gasteiger partial charge in [0.2, 0.25) is 10.0 Å². The van der Waals surface area contributed by atoms with Crippen molar-refractivity contribution in [2.45, 2.75) is 39.7 Å². The quantitative estimate of drug-likeness (QED) is 0.713. The highest BCUT2D eigenvalue weighted by atomic mass is 32.2. The van der Waals surface area contributed by atoms with E-state index in [0.717, 1.165) is 17.3 Å². The standard InChI is InChI=1S/C15H25FN2O2S/c1-4-18(15-10-6-5-9-14(15)16)21(19,20)12-8-7-11-17-13(2)3/h5-6,9-10,13,17H,4,7-8,11-12H2,1-3H3. The van der Waals surface area contributed by atoms with E-state index in [1.165, 1.54) is 12.1 Å². The number of nitrogens with one attached hydrogen (secondary N) is 1. The molecular formula is C15H25FN2O2S. The van der Waals surface area contributed by atoms with Gasteiger partial charge in [-0.05, 0) is 38.4 Å². The first-order chi connectivity index (χ1) is 9.88. The summed E-state index contributed by atoms with van der Waals surface area (Å²) in [6, 6.07) is 6.36. The predicted molar refractivity (Wildman–Crippen MR) is 85.6 cm³/mol. The fourth-order valence-corrected chi connectivity index (χ4v) is 3.71. The first-order valence-corrected chi connectivity index (χ1v) is 8.97. The smallest absolute Gasteiger partial charge is 0.235 e. The Kier molecular flexibility index (Phi) is 7.11. The van der Waals surface area contributed by atoms with Gasteiger partial charge >= 0.3 is 0 Å². The Bertz CT molecular complexity index is 532. The van der Waals surface area contributed by atoms with Gasteiger partial charge in [-0.3, -0.25) is 4.31 Å². The van der Waals surface area contributed by atoms with Crippen LogP contribution in [0.1, 0.15) is 33.6 Å². The number of para-hydroxylation sites is 1. The fourth-order valence-electron chi connectivity index (χ4n) is 2.08. The van der Waals surface area contributed by atoms with Crippen molar-refractivity contribution in [3.63, 3.8) is 0 Å². The summed E-state index contributed by atoms with van der Waals surface area (Å²) in [5.41, 5.74) is 0.125. The van der Waals surface area contributed by atoms with E-state index >= 15 is 0 Å². The molecule has 1 aromatic carbocycles. The molecule has 0 unspecified atom stereocenters. The van der Waals surface area contributed by atoms with Crippen LogP contribution in [0.25, 0.3) is 0 Å². The van der Waals surface area contributed by atoms with Gasteiger partial charge in [-0.15, -0.1) is 0 Å². The van der Waals surface area contributed by atoms with Crippen molar-refractivity contribution in [1.82, 2.24) is 5.32 Å². The Morgan fingerprint density at radius 1 is 1.24 bits per heavy atom. The van der Waals surface area contributed by atoms with Crippen LogP contribution in [0.4, 0.5) is 10.1 Å². The van der Waals surface area contributed by atoms with Crippen molar-refractivity contribution >= 4 is 15.7 Å². The van der Waals surface area contributed by atoms with Gasteiger partial charge in [-0.1, -0.05) is 26.0 Å². The van der Waals surface area contributed by atoms with E-state index in [1.54, 1.807) is 19.1 Å². The van der Waals surface area contributed by atoms with Gasteiger partial charge in [-0.2, -0.15) is 0 Å². The minimum Gasteiger partial charge on any atom is -0.315 e. The Hall–Kier alpha value is -1.14. The van der Waals surface area contributed by atoms with Crippen molar-refractivity contribution in [2.75, 3.05) is 23.1 Å². The van der Waals surface area contributed by atoms with E-state index in [4.69, 9.17) is 0 Å². The summed E-state index contributed by atoms with van der Waals surface area (Å²) in [5, 5.41) is 3.25. The first kappa shape index (κ1) is 17.9. The Morgan fingerprint density at radius 2 is 1.90 bits per heavy atom. The molecule has 0 amide bonds. The molecule has 1 rings (SSSR count). The first-order valence-electron chi connectivity index (χ1n) is 7.36. The third kappa shape index (κ3) is 5.63. The molecule has 0 saturated carbocycles. The minimum atomic E-state index is -3.48. The average Bonchev–Trinajstić information content (AvgIpc) is 2.40. The maximum atomic E-state index is 13.8. The zero-order valence-electron chi connectivity index (χ0n) is 13.0. The third-order valence-electron chi connectivity index (χ3n) is 3.13. The van der Waals surface area contributed by atoms with E-state index < -0.39 is 15.8 Å². The lowest BCUT2D eigenvalue weighted by Gasteiger charge is -2.23. The Morgan fingerprint density at radius 3 is 2.48 bits per heavy atom. The van der Waals surface area contributed by atoms with E-state index in [9.17, 15) is 12.8 Å². The normalized spacial score (nSPS) is 11.9. The summed E-state index contributed by atoms with van der Waals surface area (Å²) < 4.78 is 39.6. The van der Waals surface area contributed by atoms with Crippen LogP contribution in [0, 0.1) is 5.82 Å². The molecule has 0 fully saturated rings. The molecule has 1 N–H and O–H groups in total. The molecule has 0 saturated heterocycles. The number of halogens is 1. The molecule has 0 spiro atoms. The van der Waals surface area contributed by atoms with Crippen LogP contribution in [0.5, 0.6) is 0 Å². The molecule has 0 heterocycles. The molecule has 0 aromatic heterocycles. The molecule has 0 radical (unpaired) electrons. The summed E-state index contributed by atoms with van der Waals surface area (Å²) >= 11 is 0. The summed E-state index contributed by atoms with van der Waals surface area (Å²) in [7, 11) is -3.48. The highest BCUT2D eigenvalue weighted by Gasteiger charge is 2.22. The second-order valence-electron chi connectivity index (χ2n) is 5.25. The molecule has 0 aliphatic rings. The highest BCUT2D eigenvalue weighted by Crippen LogP contribution is 2.22. The Labute approximate surface area is 127 Å². The van der Waals surface area contributed by atoms with Gasteiger partial charge in [-0.25, -0.2) is 12.8 Å². The number of sulfonamides is 1. The second kappa shape index (κ2) is 8.34. The lowest BCUT2D eigenvalue weighted by molar-refractivity contribution is 0.558. The van der Waals surface area contributed by atoms with Crippen LogP contribution in [0.15, 0.2) is 24.3 Å². The van der Waals surface area contributed by atoms with Gasteiger partial charge in [0.15, 0.2) is 0 Å². The topological polar surface area (TPSA) is 49.4 Å². The average molecular weight is 316 g/mol. The zero-order valence-corrected chi connectivity index (χ0v) is 13.8. The number of rotatable bonds is 9. The number of hydrogen-bond acceptors (Lipinski definition) is 3. The third-order valence-corrected chi connectivity index (χ3v) is 5.06. The van der Waals surface area contributed by atoms with E-state index in [1.807, 2.05) is 13.8 Å². The lowest BCUT2D eigenvalue weighted by Crippen LogP contribution is -2.34. The summed E-state index contributed by atoms with van der Waals surface area (Å²) in [6.45, 7) is 6.83.